The van der Waals surface area contributed by atoms with Gasteiger partial charge in [-0.3, -0.25) is 14.8 Å². The van der Waals surface area contributed by atoms with E-state index in [-0.39, 0.29) is 11.9 Å². The third kappa shape index (κ3) is 3.55. The number of carbonyl (C=O) groups excluding carboxylic acids is 2. The zero-order valence-electron chi connectivity index (χ0n) is 16.8. The fraction of sp³-hybridized carbons (Fsp3) is 0.417. The normalized spacial score (nSPS) is 27.1. The van der Waals surface area contributed by atoms with Crippen LogP contribution >= 0.6 is 0 Å². The topological polar surface area (TPSA) is 69.6 Å². The van der Waals surface area contributed by atoms with Gasteiger partial charge in [0.15, 0.2) is 0 Å². The molecule has 0 spiro atoms. The van der Waals surface area contributed by atoms with Crippen LogP contribution in [0.15, 0.2) is 54.6 Å². The zero-order valence-corrected chi connectivity index (χ0v) is 16.8. The van der Waals surface area contributed by atoms with Crippen LogP contribution in [0.2, 0.25) is 0 Å². The number of hydrogen-bond acceptors (Lipinski definition) is 3. The molecular formula is C24H28N2O3. The van der Waals surface area contributed by atoms with Crippen molar-refractivity contribution in [3.05, 3.63) is 60.2 Å². The van der Waals surface area contributed by atoms with Crippen molar-refractivity contribution in [2.45, 2.75) is 62.9 Å². The minimum Gasteiger partial charge on any atom is -0.327 e. The second-order valence-electron chi connectivity index (χ2n) is 8.46. The number of carbonyl (C=O) groups is 2. The van der Waals surface area contributed by atoms with Crippen molar-refractivity contribution < 1.29 is 14.8 Å². The van der Waals surface area contributed by atoms with E-state index >= 15 is 0 Å². The highest BCUT2D eigenvalue weighted by atomic mass is 16.5. The molecule has 2 aromatic carbocycles. The average Bonchev–Trinajstić information content (AvgIpc) is 2.99. The molecule has 2 aliphatic rings. The van der Waals surface area contributed by atoms with Gasteiger partial charge < -0.3 is 4.90 Å². The van der Waals surface area contributed by atoms with Crippen LogP contribution in [-0.4, -0.2) is 34.0 Å². The van der Waals surface area contributed by atoms with E-state index in [1.165, 1.54) is 0 Å². The number of hydrogen-bond donors (Lipinski definition) is 2. The number of amides is 2. The van der Waals surface area contributed by atoms with Crippen LogP contribution in [0.3, 0.4) is 0 Å². The SMILES string of the molecule is C[C@@]1(c2ccc(-c3ccccc3)cc2)CCC2CCCC[C@H](C(=O)NO)N2C1=O. The quantitative estimate of drug-likeness (QED) is 0.612. The number of benzene rings is 2. The first kappa shape index (κ1) is 19.6. The molecule has 2 amide bonds. The molecule has 2 saturated heterocycles. The summed E-state index contributed by atoms with van der Waals surface area (Å²) in [5.74, 6) is -0.481. The van der Waals surface area contributed by atoms with Crippen LogP contribution in [0.5, 0.6) is 0 Å². The highest BCUT2D eigenvalue weighted by molar-refractivity contribution is 5.93. The predicted octanol–water partition coefficient (Wildman–Crippen LogP) is 4.05. The summed E-state index contributed by atoms with van der Waals surface area (Å²) in [6.07, 6.45) is 5.05. The Bertz CT molecular complexity index is 881. The van der Waals surface area contributed by atoms with Crippen molar-refractivity contribution in [3.63, 3.8) is 0 Å². The maximum Gasteiger partial charge on any atom is 0.266 e. The van der Waals surface area contributed by atoms with Crippen LogP contribution in [0.25, 0.3) is 11.1 Å². The molecule has 0 aliphatic carbocycles. The van der Waals surface area contributed by atoms with E-state index in [1.54, 1.807) is 10.4 Å². The molecule has 2 heterocycles. The Labute approximate surface area is 171 Å². The summed E-state index contributed by atoms with van der Waals surface area (Å²) in [5.41, 5.74) is 4.35. The maximum absolute atomic E-state index is 13.7. The second kappa shape index (κ2) is 7.99. The molecule has 4 rings (SSSR count). The molecule has 0 radical (unpaired) electrons. The monoisotopic (exact) mass is 392 g/mol. The Hall–Kier alpha value is -2.66. The van der Waals surface area contributed by atoms with Crippen molar-refractivity contribution in [2.75, 3.05) is 0 Å². The van der Waals surface area contributed by atoms with Crippen LogP contribution < -0.4 is 5.48 Å². The van der Waals surface area contributed by atoms with E-state index in [2.05, 4.69) is 24.3 Å². The molecule has 1 unspecified atom stereocenters. The summed E-state index contributed by atoms with van der Waals surface area (Å²) in [6, 6.07) is 17.9. The minimum absolute atomic E-state index is 0.00305. The second-order valence-corrected chi connectivity index (χ2v) is 8.46. The number of piperidine rings is 1. The summed E-state index contributed by atoms with van der Waals surface area (Å²) in [7, 11) is 0. The first-order valence-electron chi connectivity index (χ1n) is 10.5. The molecule has 0 aromatic heterocycles. The molecular weight excluding hydrogens is 364 g/mol. The van der Waals surface area contributed by atoms with Gasteiger partial charge in [0, 0.05) is 6.04 Å². The van der Waals surface area contributed by atoms with Gasteiger partial charge >= 0.3 is 0 Å². The molecule has 2 fully saturated rings. The lowest BCUT2D eigenvalue weighted by Gasteiger charge is -2.46. The van der Waals surface area contributed by atoms with Gasteiger partial charge in [-0.05, 0) is 49.3 Å². The molecule has 2 aliphatic heterocycles. The van der Waals surface area contributed by atoms with Gasteiger partial charge in [0.2, 0.25) is 5.91 Å². The number of hydroxylamine groups is 1. The van der Waals surface area contributed by atoms with E-state index < -0.39 is 17.4 Å². The molecule has 5 nitrogen and oxygen atoms in total. The Morgan fingerprint density at radius 2 is 1.66 bits per heavy atom. The van der Waals surface area contributed by atoms with Crippen LogP contribution in [0.4, 0.5) is 0 Å². The van der Waals surface area contributed by atoms with Gasteiger partial charge in [-0.2, -0.15) is 0 Å². The molecule has 2 aromatic rings. The smallest absolute Gasteiger partial charge is 0.266 e. The summed E-state index contributed by atoms with van der Waals surface area (Å²) < 4.78 is 0. The van der Waals surface area contributed by atoms with Crippen LogP contribution in [0, 0.1) is 0 Å². The van der Waals surface area contributed by atoms with E-state index in [1.807, 2.05) is 37.3 Å². The van der Waals surface area contributed by atoms with Crippen molar-refractivity contribution >= 4 is 11.8 Å². The van der Waals surface area contributed by atoms with E-state index in [4.69, 9.17) is 0 Å². The van der Waals surface area contributed by atoms with E-state index in [0.29, 0.717) is 6.42 Å². The van der Waals surface area contributed by atoms with Crippen molar-refractivity contribution in [2.24, 2.45) is 0 Å². The Morgan fingerprint density at radius 3 is 2.34 bits per heavy atom. The lowest BCUT2D eigenvalue weighted by molar-refractivity contribution is -0.154. The highest BCUT2D eigenvalue weighted by Crippen LogP contribution is 2.41. The summed E-state index contributed by atoms with van der Waals surface area (Å²) in [6.45, 7) is 1.99. The van der Waals surface area contributed by atoms with Gasteiger partial charge in [0.25, 0.3) is 5.91 Å². The number of nitrogens with one attached hydrogen (secondary N) is 1. The molecule has 0 saturated carbocycles. The summed E-state index contributed by atoms with van der Waals surface area (Å²) in [5, 5.41) is 9.20. The number of rotatable bonds is 3. The van der Waals surface area contributed by atoms with Gasteiger partial charge in [0.1, 0.15) is 6.04 Å². The number of fused-ring (bicyclic) bond motifs is 1. The lowest BCUT2D eigenvalue weighted by atomic mass is 9.72. The first-order chi connectivity index (χ1) is 14.0. The predicted molar refractivity (Wildman–Crippen MR) is 111 cm³/mol. The fourth-order valence-corrected chi connectivity index (χ4v) is 4.95. The first-order valence-corrected chi connectivity index (χ1v) is 10.5. The Balaban J connectivity index is 1.65. The third-order valence-corrected chi connectivity index (χ3v) is 6.72. The van der Waals surface area contributed by atoms with Crippen molar-refractivity contribution in [1.82, 2.24) is 10.4 Å². The summed E-state index contributed by atoms with van der Waals surface area (Å²) in [4.78, 5) is 27.8. The molecule has 5 heteroatoms. The molecule has 0 bridgehead atoms. The van der Waals surface area contributed by atoms with Crippen molar-refractivity contribution in [3.8, 4) is 11.1 Å². The van der Waals surface area contributed by atoms with E-state index in [9.17, 15) is 14.8 Å². The fourth-order valence-electron chi connectivity index (χ4n) is 4.95. The largest absolute Gasteiger partial charge is 0.327 e. The minimum atomic E-state index is -0.663. The Kier molecular flexibility index (Phi) is 5.41. The molecule has 29 heavy (non-hydrogen) atoms. The Morgan fingerprint density at radius 1 is 1.00 bits per heavy atom. The van der Waals surface area contributed by atoms with Gasteiger partial charge in [-0.1, -0.05) is 67.4 Å². The number of nitrogens with zero attached hydrogens (tertiary/aromatic N) is 1. The highest BCUT2D eigenvalue weighted by Gasteiger charge is 2.49. The van der Waals surface area contributed by atoms with Crippen LogP contribution in [0.1, 0.15) is 51.0 Å². The molecule has 2 N–H and O–H groups in total. The molecule has 3 atom stereocenters. The molecule has 152 valence electrons. The third-order valence-electron chi connectivity index (χ3n) is 6.72. The lowest BCUT2D eigenvalue weighted by Crippen LogP contribution is -2.60. The average molecular weight is 392 g/mol. The zero-order chi connectivity index (χ0) is 20.4. The van der Waals surface area contributed by atoms with Gasteiger partial charge in [0.05, 0.1) is 5.41 Å². The van der Waals surface area contributed by atoms with Crippen molar-refractivity contribution in [1.29, 1.82) is 0 Å². The van der Waals surface area contributed by atoms with Gasteiger partial charge in [-0.15, -0.1) is 0 Å². The maximum atomic E-state index is 13.7. The standard InChI is InChI=1S/C24H28N2O3/c1-24(19-13-11-18(12-14-19)17-7-3-2-4-8-17)16-15-20-9-5-6-10-21(22(27)25-29)26(20)23(24)28/h2-4,7-8,11-14,20-21,29H,5-6,9-10,15-16H2,1H3,(H,25,27)/t20?,21-,24+/m1/s1. The van der Waals surface area contributed by atoms with Gasteiger partial charge in [-0.25, -0.2) is 5.48 Å². The van der Waals surface area contributed by atoms with E-state index in [0.717, 1.165) is 48.8 Å². The van der Waals surface area contributed by atoms with Crippen LogP contribution in [-0.2, 0) is 15.0 Å². The summed E-state index contributed by atoms with van der Waals surface area (Å²) >= 11 is 0.